The Labute approximate surface area is 203 Å². The average molecular weight is 470 g/mol. The molecule has 0 atom stereocenters. The van der Waals surface area contributed by atoms with Crippen LogP contribution in [0.15, 0.2) is 57.7 Å². The highest BCUT2D eigenvalue weighted by molar-refractivity contribution is 6.23. The third-order valence-electron chi connectivity index (χ3n) is 5.87. The van der Waals surface area contributed by atoms with E-state index in [1.54, 1.807) is 24.3 Å². The maximum Gasteiger partial charge on any atom is 0.363 e. The van der Waals surface area contributed by atoms with Gasteiger partial charge < -0.3 is 14.3 Å². The normalized spacial score (nSPS) is 11.9. The molecule has 0 unspecified atom stereocenters. The lowest BCUT2D eigenvalue weighted by atomic mass is 9.99. The zero-order chi connectivity index (χ0) is 25.4. The van der Waals surface area contributed by atoms with E-state index in [1.807, 2.05) is 65.8 Å². The largest absolute Gasteiger partial charge is 0.506 e. The standard InChI is InChI=1S/C29H27NO5/c1-15-7-9-18(4)21(13-15)26(31)24(28(32)35-27-19(5)11-17(3)12-20(27)6)25-29(33)34-23-10-8-16(2)14-22(23)30-25/h7-14,31H,1-6H3. The minimum absolute atomic E-state index is 0.286. The summed E-state index contributed by atoms with van der Waals surface area (Å²) in [7, 11) is 0. The molecule has 178 valence electrons. The molecule has 0 saturated heterocycles. The summed E-state index contributed by atoms with van der Waals surface area (Å²) >= 11 is 0. The molecule has 1 N–H and O–H groups in total. The molecule has 0 amide bonds. The van der Waals surface area contributed by atoms with E-state index in [1.165, 1.54) is 0 Å². The number of aliphatic hydroxyl groups is 1. The predicted molar refractivity (Wildman–Crippen MR) is 137 cm³/mol. The third kappa shape index (κ3) is 4.73. The number of esters is 1. The van der Waals surface area contributed by atoms with Crippen molar-refractivity contribution in [2.75, 3.05) is 0 Å². The van der Waals surface area contributed by atoms with Crippen molar-refractivity contribution < 1.29 is 19.1 Å². The molecule has 4 rings (SSSR count). The zero-order valence-electron chi connectivity index (χ0n) is 20.6. The SMILES string of the molecule is Cc1cc(C)c(OC(=O)C(=C(O)c2cc(C)ccc2C)c2nc3cc(C)ccc3oc2=O)c(C)c1. The number of fused-ring (bicyclic) bond motifs is 1. The summed E-state index contributed by atoms with van der Waals surface area (Å²) in [6.07, 6.45) is 0. The zero-order valence-corrected chi connectivity index (χ0v) is 20.6. The van der Waals surface area contributed by atoms with Gasteiger partial charge in [-0.05, 0) is 82.0 Å². The van der Waals surface area contributed by atoms with Gasteiger partial charge in [0.2, 0.25) is 0 Å². The fraction of sp³-hybridized carbons (Fsp3) is 0.207. The van der Waals surface area contributed by atoms with Crippen LogP contribution in [0.2, 0.25) is 0 Å². The second-order valence-corrected chi connectivity index (χ2v) is 8.98. The minimum Gasteiger partial charge on any atom is -0.506 e. The molecule has 0 fully saturated rings. The van der Waals surface area contributed by atoms with Crippen LogP contribution in [0.3, 0.4) is 0 Å². The van der Waals surface area contributed by atoms with E-state index in [0.717, 1.165) is 33.4 Å². The van der Waals surface area contributed by atoms with Crippen molar-refractivity contribution in [3.8, 4) is 5.75 Å². The average Bonchev–Trinajstić information content (AvgIpc) is 2.78. The fourth-order valence-corrected chi connectivity index (χ4v) is 4.18. The first-order chi connectivity index (χ1) is 16.5. The number of aliphatic hydroxyl groups excluding tert-OH is 1. The van der Waals surface area contributed by atoms with Crippen LogP contribution in [0.25, 0.3) is 22.4 Å². The molecule has 0 aliphatic carbocycles. The van der Waals surface area contributed by atoms with Crippen LogP contribution in [0.1, 0.15) is 44.6 Å². The Kier molecular flexibility index (Phi) is 6.31. The van der Waals surface area contributed by atoms with Gasteiger partial charge in [-0.15, -0.1) is 0 Å². The van der Waals surface area contributed by atoms with E-state index in [9.17, 15) is 14.7 Å². The smallest absolute Gasteiger partial charge is 0.363 e. The maximum atomic E-state index is 13.6. The van der Waals surface area contributed by atoms with E-state index in [4.69, 9.17) is 9.15 Å². The second-order valence-electron chi connectivity index (χ2n) is 8.98. The van der Waals surface area contributed by atoms with Gasteiger partial charge in [-0.25, -0.2) is 14.6 Å². The number of hydrogen-bond acceptors (Lipinski definition) is 6. The summed E-state index contributed by atoms with van der Waals surface area (Å²) in [6.45, 7) is 11.2. The van der Waals surface area contributed by atoms with Crippen molar-refractivity contribution in [2.45, 2.75) is 41.5 Å². The number of nitrogens with zero attached hydrogens (tertiary/aromatic N) is 1. The van der Waals surface area contributed by atoms with Crippen LogP contribution in [0, 0.1) is 41.5 Å². The van der Waals surface area contributed by atoms with Gasteiger partial charge in [0.25, 0.3) is 0 Å². The summed E-state index contributed by atoms with van der Waals surface area (Å²) in [4.78, 5) is 31.0. The van der Waals surface area contributed by atoms with Crippen molar-refractivity contribution in [2.24, 2.45) is 0 Å². The van der Waals surface area contributed by atoms with Gasteiger partial charge in [-0.2, -0.15) is 0 Å². The molecular weight excluding hydrogens is 442 g/mol. The molecule has 6 heteroatoms. The molecule has 0 spiro atoms. The highest BCUT2D eigenvalue weighted by Gasteiger charge is 2.28. The van der Waals surface area contributed by atoms with Crippen LogP contribution in [0.5, 0.6) is 5.75 Å². The van der Waals surface area contributed by atoms with Gasteiger partial charge in [-0.3, -0.25) is 0 Å². The van der Waals surface area contributed by atoms with E-state index in [-0.39, 0.29) is 16.9 Å². The van der Waals surface area contributed by atoms with Crippen molar-refractivity contribution in [3.05, 3.63) is 104 Å². The van der Waals surface area contributed by atoms with Crippen LogP contribution in [0.4, 0.5) is 0 Å². The van der Waals surface area contributed by atoms with Gasteiger partial charge in [0.1, 0.15) is 22.6 Å². The highest BCUT2D eigenvalue weighted by Crippen LogP contribution is 2.30. The maximum absolute atomic E-state index is 13.6. The lowest BCUT2D eigenvalue weighted by Crippen LogP contribution is -2.20. The minimum atomic E-state index is -0.898. The Hall–Kier alpha value is -4.19. The molecule has 0 saturated carbocycles. The Balaban J connectivity index is 1.97. The Bertz CT molecular complexity index is 1550. The first-order valence-electron chi connectivity index (χ1n) is 11.3. The summed E-state index contributed by atoms with van der Waals surface area (Å²) in [5.74, 6) is -0.927. The van der Waals surface area contributed by atoms with Crippen LogP contribution >= 0.6 is 0 Å². The van der Waals surface area contributed by atoms with Crippen LogP contribution < -0.4 is 10.4 Å². The number of aromatic nitrogens is 1. The summed E-state index contributed by atoms with van der Waals surface area (Å²) < 4.78 is 11.2. The van der Waals surface area contributed by atoms with E-state index in [0.29, 0.717) is 16.8 Å². The molecule has 0 radical (unpaired) electrons. The summed E-state index contributed by atoms with van der Waals surface area (Å²) in [6, 6.07) is 14.5. The molecular formula is C29H27NO5. The molecule has 1 aromatic heterocycles. The van der Waals surface area contributed by atoms with E-state index < -0.39 is 17.4 Å². The first-order valence-corrected chi connectivity index (χ1v) is 11.3. The fourth-order valence-electron chi connectivity index (χ4n) is 4.18. The number of ether oxygens (including phenoxy) is 1. The van der Waals surface area contributed by atoms with Gasteiger partial charge in [0.05, 0.1) is 0 Å². The molecule has 0 aliphatic heterocycles. The third-order valence-corrected chi connectivity index (χ3v) is 5.87. The Morgan fingerprint density at radius 3 is 2.14 bits per heavy atom. The lowest BCUT2D eigenvalue weighted by Gasteiger charge is -2.15. The van der Waals surface area contributed by atoms with Crippen molar-refractivity contribution in [1.82, 2.24) is 4.98 Å². The topological polar surface area (TPSA) is 89.6 Å². The number of aryl methyl sites for hydroxylation is 6. The molecule has 4 aromatic rings. The molecule has 35 heavy (non-hydrogen) atoms. The summed E-state index contributed by atoms with van der Waals surface area (Å²) in [5.41, 5.74) is 4.63. The number of carbonyl (C=O) groups excluding carboxylic acids is 1. The monoisotopic (exact) mass is 469 g/mol. The predicted octanol–water partition coefficient (Wildman–Crippen LogP) is 6.07. The number of carbonyl (C=O) groups is 1. The van der Waals surface area contributed by atoms with Gasteiger partial charge in [0, 0.05) is 5.56 Å². The van der Waals surface area contributed by atoms with Crippen LogP contribution in [-0.4, -0.2) is 16.1 Å². The van der Waals surface area contributed by atoms with Gasteiger partial charge in [-0.1, -0.05) is 41.5 Å². The molecule has 0 aliphatic rings. The van der Waals surface area contributed by atoms with Crippen molar-refractivity contribution in [3.63, 3.8) is 0 Å². The highest BCUT2D eigenvalue weighted by atomic mass is 16.5. The quantitative estimate of drug-likeness (QED) is 0.169. The molecule has 6 nitrogen and oxygen atoms in total. The molecule has 1 heterocycles. The van der Waals surface area contributed by atoms with Gasteiger partial charge >= 0.3 is 11.6 Å². The second kappa shape index (κ2) is 9.22. The molecule has 0 bridgehead atoms. The van der Waals surface area contributed by atoms with Crippen molar-refractivity contribution in [1.29, 1.82) is 0 Å². The van der Waals surface area contributed by atoms with E-state index >= 15 is 0 Å². The Morgan fingerprint density at radius 1 is 0.829 bits per heavy atom. The van der Waals surface area contributed by atoms with Crippen molar-refractivity contribution >= 4 is 28.4 Å². The summed E-state index contributed by atoms with van der Waals surface area (Å²) in [5, 5.41) is 11.4. The van der Waals surface area contributed by atoms with Crippen LogP contribution in [-0.2, 0) is 4.79 Å². The molecule has 3 aromatic carbocycles. The number of benzene rings is 3. The lowest BCUT2D eigenvalue weighted by molar-refractivity contribution is -0.128. The number of rotatable bonds is 4. The Morgan fingerprint density at radius 2 is 1.46 bits per heavy atom. The van der Waals surface area contributed by atoms with Gasteiger partial charge in [0.15, 0.2) is 11.3 Å². The first kappa shape index (κ1) is 24.0. The van der Waals surface area contributed by atoms with E-state index in [2.05, 4.69) is 4.98 Å². The number of hydrogen-bond donors (Lipinski definition) is 1.